The predicted molar refractivity (Wildman–Crippen MR) is 71.5 cm³/mol. The molecule has 17 heavy (non-hydrogen) atoms. The Balaban J connectivity index is 2.19. The maximum atomic E-state index is 5.65. The van der Waals surface area contributed by atoms with E-state index in [1.54, 1.807) is 7.11 Å². The van der Waals surface area contributed by atoms with Crippen molar-refractivity contribution in [3.63, 3.8) is 0 Å². The van der Waals surface area contributed by atoms with Crippen LogP contribution in [0.25, 0.3) is 0 Å². The van der Waals surface area contributed by atoms with Crippen molar-refractivity contribution in [2.75, 3.05) is 25.1 Å². The normalized spacial score (nSPS) is 17.2. The largest absolute Gasteiger partial charge is 0.495 e. The maximum Gasteiger partial charge on any atom is 0.142 e. The van der Waals surface area contributed by atoms with Gasteiger partial charge in [0.15, 0.2) is 0 Å². The second-order valence-electron chi connectivity index (χ2n) is 4.88. The number of hydrogen-bond donors (Lipinski definition) is 1. The number of benzene rings is 1. The van der Waals surface area contributed by atoms with Crippen molar-refractivity contribution in [1.29, 1.82) is 0 Å². The molecule has 0 bridgehead atoms. The highest BCUT2D eigenvalue weighted by Crippen LogP contribution is 2.32. The Morgan fingerprint density at radius 3 is 2.65 bits per heavy atom. The van der Waals surface area contributed by atoms with Gasteiger partial charge in [0.2, 0.25) is 0 Å². The monoisotopic (exact) mass is 234 g/mol. The molecule has 2 N–H and O–H groups in total. The van der Waals surface area contributed by atoms with Crippen molar-refractivity contribution in [3.8, 4) is 5.75 Å². The average molecular weight is 234 g/mol. The summed E-state index contributed by atoms with van der Waals surface area (Å²) >= 11 is 0. The van der Waals surface area contributed by atoms with Gasteiger partial charge in [-0.1, -0.05) is 13.0 Å². The van der Waals surface area contributed by atoms with Crippen molar-refractivity contribution in [2.45, 2.75) is 26.3 Å². The molecule has 0 amide bonds. The number of nitrogens with zero attached hydrogens (tertiary/aromatic N) is 1. The summed E-state index contributed by atoms with van der Waals surface area (Å²) in [6.45, 7) is 5.14. The number of methoxy groups -OCH3 is 1. The van der Waals surface area contributed by atoms with Gasteiger partial charge in [0, 0.05) is 19.6 Å². The van der Waals surface area contributed by atoms with Crippen LogP contribution in [0, 0.1) is 5.92 Å². The number of rotatable bonds is 3. The van der Waals surface area contributed by atoms with Crippen LogP contribution in [-0.4, -0.2) is 20.2 Å². The number of nitrogens with two attached hydrogens (primary N) is 1. The van der Waals surface area contributed by atoms with Crippen LogP contribution in [0.1, 0.15) is 25.3 Å². The van der Waals surface area contributed by atoms with E-state index < -0.39 is 0 Å². The Bertz CT molecular complexity index is 370. The molecule has 0 unspecified atom stereocenters. The average Bonchev–Trinajstić information content (AvgIpc) is 2.39. The summed E-state index contributed by atoms with van der Waals surface area (Å²) < 4.78 is 5.47. The fraction of sp³-hybridized carbons (Fsp3) is 0.571. The van der Waals surface area contributed by atoms with Gasteiger partial charge in [-0.05, 0) is 36.5 Å². The van der Waals surface area contributed by atoms with E-state index in [1.165, 1.54) is 18.5 Å². The lowest BCUT2D eigenvalue weighted by Gasteiger charge is -2.33. The quantitative estimate of drug-likeness (QED) is 0.872. The van der Waals surface area contributed by atoms with Crippen LogP contribution in [0.15, 0.2) is 18.2 Å². The summed E-state index contributed by atoms with van der Waals surface area (Å²) in [6, 6.07) is 6.28. The lowest BCUT2D eigenvalue weighted by atomic mass is 9.98. The molecule has 1 aliphatic rings. The maximum absolute atomic E-state index is 5.65. The van der Waals surface area contributed by atoms with E-state index in [0.29, 0.717) is 6.54 Å². The Morgan fingerprint density at radius 2 is 2.06 bits per heavy atom. The van der Waals surface area contributed by atoms with E-state index >= 15 is 0 Å². The lowest BCUT2D eigenvalue weighted by molar-refractivity contribution is 0.403. The Morgan fingerprint density at radius 1 is 1.35 bits per heavy atom. The summed E-state index contributed by atoms with van der Waals surface area (Å²) in [5.41, 5.74) is 7.98. The van der Waals surface area contributed by atoms with E-state index in [1.807, 2.05) is 6.07 Å². The number of piperidine rings is 1. The van der Waals surface area contributed by atoms with Crippen molar-refractivity contribution in [3.05, 3.63) is 23.8 Å². The molecule has 0 spiro atoms. The number of hydrogen-bond acceptors (Lipinski definition) is 3. The zero-order valence-corrected chi connectivity index (χ0v) is 10.8. The molecule has 2 rings (SSSR count). The molecule has 1 heterocycles. The van der Waals surface area contributed by atoms with Gasteiger partial charge in [0.1, 0.15) is 5.75 Å². The molecule has 1 aliphatic heterocycles. The van der Waals surface area contributed by atoms with Crippen molar-refractivity contribution in [2.24, 2.45) is 11.7 Å². The van der Waals surface area contributed by atoms with E-state index in [-0.39, 0.29) is 0 Å². The van der Waals surface area contributed by atoms with Crippen LogP contribution in [0.2, 0.25) is 0 Å². The van der Waals surface area contributed by atoms with Crippen LogP contribution in [0.5, 0.6) is 5.75 Å². The van der Waals surface area contributed by atoms with Gasteiger partial charge < -0.3 is 15.4 Å². The highest BCUT2D eigenvalue weighted by atomic mass is 16.5. The second kappa shape index (κ2) is 5.41. The summed E-state index contributed by atoms with van der Waals surface area (Å²) in [6.07, 6.45) is 2.53. The van der Waals surface area contributed by atoms with Gasteiger partial charge in [-0.25, -0.2) is 0 Å². The fourth-order valence-electron chi connectivity index (χ4n) is 2.36. The van der Waals surface area contributed by atoms with Crippen LogP contribution >= 0.6 is 0 Å². The Kier molecular flexibility index (Phi) is 3.89. The topological polar surface area (TPSA) is 38.5 Å². The first kappa shape index (κ1) is 12.2. The first-order valence-electron chi connectivity index (χ1n) is 6.36. The van der Waals surface area contributed by atoms with E-state index in [4.69, 9.17) is 10.5 Å². The first-order valence-corrected chi connectivity index (χ1v) is 6.36. The van der Waals surface area contributed by atoms with E-state index in [0.717, 1.165) is 30.3 Å². The molecule has 0 aromatic heterocycles. The van der Waals surface area contributed by atoms with Crippen LogP contribution < -0.4 is 15.4 Å². The lowest BCUT2D eigenvalue weighted by Crippen LogP contribution is -2.33. The summed E-state index contributed by atoms with van der Waals surface area (Å²) in [4.78, 5) is 2.42. The van der Waals surface area contributed by atoms with Gasteiger partial charge >= 0.3 is 0 Å². The van der Waals surface area contributed by atoms with Crippen molar-refractivity contribution in [1.82, 2.24) is 0 Å². The van der Waals surface area contributed by atoms with E-state index in [9.17, 15) is 0 Å². The molecule has 1 aromatic rings. The van der Waals surface area contributed by atoms with Crippen molar-refractivity contribution >= 4 is 5.69 Å². The molecule has 0 saturated carbocycles. The Hall–Kier alpha value is -1.22. The van der Waals surface area contributed by atoms with Gasteiger partial charge in [-0.3, -0.25) is 0 Å². The summed E-state index contributed by atoms with van der Waals surface area (Å²) in [5, 5.41) is 0. The van der Waals surface area contributed by atoms with Crippen molar-refractivity contribution < 1.29 is 4.74 Å². The SMILES string of the molecule is COc1cc(CN)ccc1N1CCC(C)CC1. The zero-order chi connectivity index (χ0) is 12.3. The third kappa shape index (κ3) is 2.72. The minimum absolute atomic E-state index is 0.563. The smallest absolute Gasteiger partial charge is 0.142 e. The minimum atomic E-state index is 0.563. The molecule has 3 heteroatoms. The van der Waals surface area contributed by atoms with E-state index in [2.05, 4.69) is 24.0 Å². The minimum Gasteiger partial charge on any atom is -0.495 e. The molecule has 1 fully saturated rings. The Labute approximate surface area is 104 Å². The number of anilines is 1. The number of ether oxygens (including phenoxy) is 1. The molecule has 0 atom stereocenters. The molecule has 3 nitrogen and oxygen atoms in total. The van der Waals surface area contributed by atoms with Gasteiger partial charge in [-0.15, -0.1) is 0 Å². The molecular formula is C14H22N2O. The second-order valence-corrected chi connectivity index (χ2v) is 4.88. The van der Waals surface area contributed by atoms with Crippen LogP contribution in [0.4, 0.5) is 5.69 Å². The van der Waals surface area contributed by atoms with Crippen LogP contribution in [-0.2, 0) is 6.54 Å². The van der Waals surface area contributed by atoms with Crippen LogP contribution in [0.3, 0.4) is 0 Å². The highest BCUT2D eigenvalue weighted by Gasteiger charge is 2.18. The highest BCUT2D eigenvalue weighted by molar-refractivity contribution is 5.60. The summed E-state index contributed by atoms with van der Waals surface area (Å²) in [7, 11) is 1.73. The molecule has 0 radical (unpaired) electrons. The van der Waals surface area contributed by atoms with Gasteiger partial charge in [0.25, 0.3) is 0 Å². The fourth-order valence-corrected chi connectivity index (χ4v) is 2.36. The molecule has 1 aromatic carbocycles. The van der Waals surface area contributed by atoms with Gasteiger partial charge in [-0.2, -0.15) is 0 Å². The third-order valence-corrected chi connectivity index (χ3v) is 3.60. The third-order valence-electron chi connectivity index (χ3n) is 3.60. The van der Waals surface area contributed by atoms with Gasteiger partial charge in [0.05, 0.1) is 12.8 Å². The molecule has 94 valence electrons. The first-order chi connectivity index (χ1) is 8.24. The predicted octanol–water partition coefficient (Wildman–Crippen LogP) is 2.39. The summed E-state index contributed by atoms with van der Waals surface area (Å²) in [5.74, 6) is 1.79. The standard InChI is InChI=1S/C14H22N2O/c1-11-5-7-16(8-6-11)13-4-3-12(10-15)9-14(13)17-2/h3-4,9,11H,5-8,10,15H2,1-2H3. The zero-order valence-electron chi connectivity index (χ0n) is 10.8. The molecular weight excluding hydrogens is 212 g/mol. The molecule has 0 aliphatic carbocycles. The molecule has 1 saturated heterocycles.